The van der Waals surface area contributed by atoms with Crippen LogP contribution < -0.4 is 5.73 Å². The fourth-order valence-corrected chi connectivity index (χ4v) is 0.713. The molecule has 2 N–H and O–H groups in total. The highest BCUT2D eigenvalue weighted by Crippen LogP contribution is 1.93. The van der Waals surface area contributed by atoms with E-state index >= 15 is 0 Å². The Bertz CT molecular complexity index is 181. The van der Waals surface area contributed by atoms with E-state index in [1.807, 2.05) is 18.3 Å². The van der Waals surface area contributed by atoms with E-state index in [9.17, 15) is 0 Å². The van der Waals surface area contributed by atoms with Crippen molar-refractivity contribution in [3.8, 4) is 0 Å². The van der Waals surface area contributed by atoms with Crippen molar-refractivity contribution in [3.05, 3.63) is 30.1 Å². The van der Waals surface area contributed by atoms with Gasteiger partial charge in [0, 0.05) is 31.6 Å². The molecule has 2 heteroatoms. The molecule has 0 aliphatic heterocycles. The lowest BCUT2D eigenvalue weighted by Gasteiger charge is -1.93. The van der Waals surface area contributed by atoms with Gasteiger partial charge in [-0.2, -0.15) is 0 Å². The van der Waals surface area contributed by atoms with E-state index in [0.717, 1.165) is 6.42 Å². The average Bonchev–Trinajstić information content (AvgIpc) is 2.66. The zero-order valence-electron chi connectivity index (χ0n) is 17.2. The van der Waals surface area contributed by atoms with Crippen molar-refractivity contribution in [3.63, 3.8) is 0 Å². The zero-order chi connectivity index (χ0) is 18.5. The monoisotopic (exact) mass is 149 g/mol. The Morgan fingerprint density at radius 3 is 3.22 bits per heavy atom. The lowest BCUT2D eigenvalue weighted by atomic mass is 10.2. The third-order valence-corrected chi connectivity index (χ3v) is 1.16. The summed E-state index contributed by atoms with van der Waals surface area (Å²) in [6.07, 6.45) is 4.53. The van der Waals surface area contributed by atoms with Crippen LogP contribution in [0.3, 0.4) is 0 Å². The summed E-state index contributed by atoms with van der Waals surface area (Å²) in [5.74, 6) is 0. The molecule has 0 fully saturated rings. The normalized spacial score (nSPS) is 14.8. The Balaban J connectivity index is -0.0000000298. The number of pyridine rings is 1. The van der Waals surface area contributed by atoms with Crippen LogP contribution in [0.5, 0.6) is 0 Å². The van der Waals surface area contributed by atoms with E-state index in [1.54, 1.807) is 6.20 Å². The molecular weight excluding hydrogens is 112 g/mol. The molecule has 1 heterocycles. The standard InChI is InChI=1S/C7H10N2.7H2/c8-4-3-7-2-1-5-9-6-7;;;;;;;/h1-2,5-6H,3-4,8H2;7*1H/i;6*1+1D;1+1. The molecule has 1 aromatic rings. The Morgan fingerprint density at radius 1 is 1.78 bits per heavy atom. The summed E-state index contributed by atoms with van der Waals surface area (Å²) in [5.41, 5.74) is 6.54. The van der Waals surface area contributed by atoms with Crippen LogP contribution in [0.25, 0.3) is 0 Å². The highest BCUT2D eigenvalue weighted by Gasteiger charge is 1.85. The Hall–Kier alpha value is -0.890. The van der Waals surface area contributed by atoms with E-state index < -0.39 is 0 Å². The van der Waals surface area contributed by atoms with Gasteiger partial charge in [-0.1, -0.05) is 6.07 Å². The minimum absolute atomic E-state index is 0. The summed E-state index contributed by atoms with van der Waals surface area (Å²) in [6.45, 7) is 0.700. The molecule has 0 spiro atoms. The molecule has 0 aliphatic rings. The molecule has 9 heavy (non-hydrogen) atoms. The molecule has 0 bridgehead atoms. The second kappa shape index (κ2) is 3.20. The van der Waals surface area contributed by atoms with Gasteiger partial charge < -0.3 is 5.73 Å². The third-order valence-electron chi connectivity index (χ3n) is 1.16. The molecule has 0 amide bonds. The Morgan fingerprint density at radius 2 is 2.67 bits per heavy atom. The van der Waals surface area contributed by atoms with Crippen molar-refractivity contribution >= 4 is 0 Å². The van der Waals surface area contributed by atoms with Crippen molar-refractivity contribution in [1.82, 2.24) is 4.98 Å². The minimum Gasteiger partial charge on any atom is -0.330 e. The van der Waals surface area contributed by atoms with E-state index in [1.165, 1.54) is 5.56 Å². The van der Waals surface area contributed by atoms with E-state index in [-0.39, 0.29) is 1.43 Å². The molecule has 0 unspecified atom stereocenters. The number of hydrogen-bond acceptors (Lipinski definition) is 2. The molecule has 1 rings (SSSR count). The van der Waals surface area contributed by atoms with Crippen LogP contribution in [0.15, 0.2) is 24.5 Å². The van der Waals surface area contributed by atoms with Gasteiger partial charge in [-0.3, -0.25) is 4.98 Å². The van der Waals surface area contributed by atoms with Crippen molar-refractivity contribution in [2.24, 2.45) is 5.73 Å². The van der Waals surface area contributed by atoms with Gasteiger partial charge in [0.25, 0.3) is 0 Å². The van der Waals surface area contributed by atoms with Gasteiger partial charge in [-0.05, 0) is 24.6 Å². The summed E-state index contributed by atoms with van der Waals surface area (Å²) in [7, 11) is 0. The minimum atomic E-state index is 0. The maximum Gasteiger partial charge on any atom is 0.0300 e. The van der Waals surface area contributed by atoms with Crippen molar-refractivity contribution in [1.29, 1.82) is 0 Å². The van der Waals surface area contributed by atoms with Crippen LogP contribution in [0, 0.1) is 0 Å². The van der Waals surface area contributed by atoms with Gasteiger partial charge in [0.2, 0.25) is 0 Å². The molecule has 0 saturated heterocycles. The molecule has 62 valence electrons. The molecule has 0 radical (unpaired) electrons. The SMILES string of the molecule is NCCc1cccnc1.[2HH].[2H][2H].[2H][2H].[2H][2H].[2H][2H].[2H][2H].[2H][2H]. The lowest BCUT2D eigenvalue weighted by Crippen LogP contribution is -2.02. The first-order chi connectivity index (χ1) is 10.4. The second-order valence-electron chi connectivity index (χ2n) is 1.90. The predicted molar refractivity (Wildman–Crippen MR) is 51.8 cm³/mol. The average molecular weight is 149 g/mol. The smallest absolute Gasteiger partial charge is 0.0300 e. The number of aromatic nitrogens is 1. The molecule has 0 atom stereocenters. The van der Waals surface area contributed by atoms with Gasteiger partial charge in [0.1, 0.15) is 0 Å². The van der Waals surface area contributed by atoms with Crippen LogP contribution in [0.2, 0.25) is 0 Å². The van der Waals surface area contributed by atoms with Crippen LogP contribution in [0.1, 0.15) is 24.8 Å². The molecule has 1 aromatic heterocycles. The van der Waals surface area contributed by atoms with Crippen LogP contribution in [-0.4, -0.2) is 11.5 Å². The summed E-state index contributed by atoms with van der Waals surface area (Å²) in [6, 6.07) is 3.95. The maximum absolute atomic E-state index is 5.33. The number of nitrogens with two attached hydrogens (primary N) is 1. The zero-order valence-corrected chi connectivity index (χ0v) is 5.25. The van der Waals surface area contributed by atoms with Gasteiger partial charge in [0.15, 0.2) is 0 Å². The molecule has 2 nitrogen and oxygen atoms in total. The van der Waals surface area contributed by atoms with E-state index in [4.69, 9.17) is 23.6 Å². The fourth-order valence-electron chi connectivity index (χ4n) is 0.713. The van der Waals surface area contributed by atoms with Crippen molar-refractivity contribution in [2.75, 3.05) is 6.54 Å². The first-order valence-electron chi connectivity index (χ1n) is 9.02. The molecule has 0 saturated carbocycles. The first-order valence-corrected chi connectivity index (χ1v) is 3.02. The Labute approximate surface area is 74.7 Å². The van der Waals surface area contributed by atoms with Gasteiger partial charge >= 0.3 is 0 Å². The molecular formula is C7H24N2. The van der Waals surface area contributed by atoms with Crippen LogP contribution >= 0.6 is 0 Å². The predicted octanol–water partition coefficient (Wildman–Crippen LogP) is 2.30. The maximum atomic E-state index is 5.33. The van der Waals surface area contributed by atoms with Gasteiger partial charge in [0.05, 0.1) is 0 Å². The Kier molecular flexibility index (Phi) is 0.732. The molecule has 0 aliphatic carbocycles. The largest absolute Gasteiger partial charge is 0.330 e. The van der Waals surface area contributed by atoms with Crippen molar-refractivity contribution in [2.45, 2.75) is 6.42 Å². The summed E-state index contributed by atoms with van der Waals surface area (Å²) >= 11 is 0. The van der Waals surface area contributed by atoms with Crippen LogP contribution in [-0.2, 0) is 6.42 Å². The van der Waals surface area contributed by atoms with Crippen LogP contribution in [0.4, 0.5) is 0 Å². The van der Waals surface area contributed by atoms with Gasteiger partial charge in [-0.15, -0.1) is 0 Å². The van der Waals surface area contributed by atoms with Gasteiger partial charge in [-0.25, -0.2) is 0 Å². The highest BCUT2D eigenvalue weighted by molar-refractivity contribution is 5.08. The first kappa shape index (κ1) is 2.06. The van der Waals surface area contributed by atoms with E-state index in [0.29, 0.717) is 6.54 Å². The quantitative estimate of drug-likeness (QED) is 0.701. The summed E-state index contributed by atoms with van der Waals surface area (Å²) in [5, 5.41) is 0. The molecule has 0 aromatic carbocycles. The number of nitrogens with zero attached hydrogens (tertiary/aromatic N) is 1. The lowest BCUT2D eigenvalue weighted by molar-refractivity contribution is 0.959. The summed E-state index contributed by atoms with van der Waals surface area (Å²) in [4.78, 5) is 3.95. The van der Waals surface area contributed by atoms with E-state index in [2.05, 4.69) is 4.98 Å². The number of rotatable bonds is 2. The fraction of sp³-hybridized carbons (Fsp3) is 0.286. The summed E-state index contributed by atoms with van der Waals surface area (Å²) < 4.78 is 60.0. The highest BCUT2D eigenvalue weighted by atomic mass is 14.6. The second-order valence-corrected chi connectivity index (χ2v) is 1.90. The third kappa shape index (κ3) is 1.82. The number of hydrogen-bond donors (Lipinski definition) is 1. The van der Waals surface area contributed by atoms with Crippen molar-refractivity contribution < 1.29 is 19.2 Å². The topological polar surface area (TPSA) is 38.9 Å².